The topological polar surface area (TPSA) is 38.8 Å². The number of carbonyl (C=O) groups excluding carboxylic acids is 1. The lowest BCUT2D eigenvalue weighted by molar-refractivity contribution is -0.0170. The number of carbonyl (C=O) groups is 1. The number of piperidine rings is 1. The summed E-state index contributed by atoms with van der Waals surface area (Å²) in [6.45, 7) is 3.39. The number of ether oxygens (including phenoxy) is 2. The maximum absolute atomic E-state index is 12.1. The van der Waals surface area contributed by atoms with Gasteiger partial charge in [0.25, 0.3) is 0 Å². The van der Waals surface area contributed by atoms with Crippen molar-refractivity contribution in [3.05, 3.63) is 35.8 Å². The SMILES string of the molecule is [2H]c1c([2H])c([2H])c(C([2H])([2H])OC2CCN(C(=O)OC(C)(C)C)CC2)c([2H])c1[2H]. The van der Waals surface area contributed by atoms with Gasteiger partial charge in [0.15, 0.2) is 0 Å². The number of benzene rings is 1. The van der Waals surface area contributed by atoms with E-state index in [9.17, 15) is 4.79 Å². The minimum Gasteiger partial charge on any atom is -0.444 e. The van der Waals surface area contributed by atoms with E-state index >= 15 is 0 Å². The molecule has 4 heteroatoms. The van der Waals surface area contributed by atoms with Gasteiger partial charge in [0.1, 0.15) is 5.60 Å². The van der Waals surface area contributed by atoms with Crippen LogP contribution in [0.15, 0.2) is 30.2 Å². The molecule has 0 aliphatic carbocycles. The first kappa shape index (κ1) is 8.79. The third-order valence-corrected chi connectivity index (χ3v) is 2.92. The highest BCUT2D eigenvalue weighted by Gasteiger charge is 2.27. The Morgan fingerprint density at radius 2 is 1.95 bits per heavy atom. The average Bonchev–Trinajstić information content (AvgIpc) is 2.57. The summed E-state index contributed by atoms with van der Waals surface area (Å²) in [6, 6.07) is -3.05. The molecule has 0 saturated carbocycles. The van der Waals surface area contributed by atoms with E-state index in [1.165, 1.54) is 4.90 Å². The van der Waals surface area contributed by atoms with E-state index in [1.807, 2.05) is 0 Å². The van der Waals surface area contributed by atoms with Crippen LogP contribution in [-0.4, -0.2) is 35.8 Å². The predicted octanol–water partition coefficient (Wildman–Crippen LogP) is 3.60. The Kier molecular flexibility index (Phi) is 2.90. The van der Waals surface area contributed by atoms with Gasteiger partial charge in [0.2, 0.25) is 0 Å². The van der Waals surface area contributed by atoms with E-state index in [0.717, 1.165) is 0 Å². The highest BCUT2D eigenvalue weighted by atomic mass is 16.6. The van der Waals surface area contributed by atoms with E-state index in [-0.39, 0.29) is 0 Å². The van der Waals surface area contributed by atoms with Crippen molar-refractivity contribution >= 4 is 6.09 Å². The highest BCUT2D eigenvalue weighted by molar-refractivity contribution is 5.68. The molecular formula is C17H25NO3. The Hall–Kier alpha value is -1.55. The number of amides is 1. The van der Waals surface area contributed by atoms with Crippen molar-refractivity contribution in [3.63, 3.8) is 0 Å². The fraction of sp³-hybridized carbons (Fsp3) is 0.588. The summed E-state index contributed by atoms with van der Waals surface area (Å²) in [5, 5.41) is 0. The molecule has 1 aliphatic heterocycles. The maximum Gasteiger partial charge on any atom is 0.410 e. The lowest BCUT2D eigenvalue weighted by atomic mass is 10.1. The Bertz CT molecular complexity index is 727. The van der Waals surface area contributed by atoms with E-state index < -0.39 is 60.1 Å². The Labute approximate surface area is 136 Å². The van der Waals surface area contributed by atoms with E-state index in [4.69, 9.17) is 19.1 Å². The molecule has 1 aliphatic rings. The quantitative estimate of drug-likeness (QED) is 0.856. The zero-order valence-electron chi connectivity index (χ0n) is 19.6. The zero-order valence-corrected chi connectivity index (χ0v) is 12.6. The second-order valence-corrected chi connectivity index (χ2v) is 5.89. The minimum atomic E-state index is -2.56. The third-order valence-electron chi connectivity index (χ3n) is 2.92. The van der Waals surface area contributed by atoms with Gasteiger partial charge in [-0.05, 0) is 39.2 Å². The predicted molar refractivity (Wildman–Crippen MR) is 82.1 cm³/mol. The first-order valence-electron chi connectivity index (χ1n) is 10.5. The number of hydrogen-bond donors (Lipinski definition) is 0. The largest absolute Gasteiger partial charge is 0.444 e. The lowest BCUT2D eigenvalue weighted by Gasteiger charge is -2.33. The molecule has 0 unspecified atom stereocenters. The molecular weight excluding hydrogens is 266 g/mol. The van der Waals surface area contributed by atoms with Crippen molar-refractivity contribution in [2.24, 2.45) is 0 Å². The number of likely N-dealkylation sites (tertiary alicyclic amines) is 1. The standard InChI is InChI=1S/C17H25NO3/c1-17(2,3)21-16(19)18-11-9-15(10-12-18)20-13-14-7-5-4-6-8-14/h4-8,15H,9-13H2,1-3H3/i4D,5D,6D,7D,8D,13D2. The number of nitrogens with zero attached hydrogens (tertiary/aromatic N) is 1. The molecule has 1 aromatic rings. The van der Waals surface area contributed by atoms with Crippen LogP contribution in [0.3, 0.4) is 0 Å². The molecule has 0 N–H and O–H groups in total. The van der Waals surface area contributed by atoms with Gasteiger partial charge in [0.05, 0.1) is 22.3 Å². The average molecular weight is 298 g/mol. The van der Waals surface area contributed by atoms with Gasteiger partial charge < -0.3 is 14.4 Å². The molecule has 2 rings (SSSR count). The van der Waals surface area contributed by atoms with Gasteiger partial charge in [0, 0.05) is 13.1 Å². The molecule has 0 aromatic heterocycles. The number of hydrogen-bond acceptors (Lipinski definition) is 3. The zero-order chi connectivity index (χ0) is 21.4. The van der Waals surface area contributed by atoms with Gasteiger partial charge in [-0.1, -0.05) is 30.2 Å². The summed E-state index contributed by atoms with van der Waals surface area (Å²) in [6.07, 6.45) is -0.319. The molecule has 1 saturated heterocycles. The summed E-state index contributed by atoms with van der Waals surface area (Å²) < 4.78 is 66.0. The maximum atomic E-state index is 12.1. The normalized spacial score (nSPS) is 22.2. The third kappa shape index (κ3) is 5.38. The molecule has 21 heavy (non-hydrogen) atoms. The van der Waals surface area contributed by atoms with E-state index in [1.54, 1.807) is 20.8 Å². The summed E-state index contributed by atoms with van der Waals surface area (Å²) >= 11 is 0. The van der Waals surface area contributed by atoms with Crippen molar-refractivity contribution in [3.8, 4) is 0 Å². The molecule has 1 heterocycles. The fourth-order valence-corrected chi connectivity index (χ4v) is 1.93. The molecule has 0 radical (unpaired) electrons. The monoisotopic (exact) mass is 298 g/mol. The highest BCUT2D eigenvalue weighted by Crippen LogP contribution is 2.18. The second kappa shape index (κ2) is 6.94. The first-order valence-corrected chi connectivity index (χ1v) is 6.97. The van der Waals surface area contributed by atoms with Crippen molar-refractivity contribution in [1.82, 2.24) is 4.90 Å². The number of rotatable bonds is 3. The van der Waals surface area contributed by atoms with Crippen LogP contribution in [0, 0.1) is 0 Å². The van der Waals surface area contributed by atoms with Crippen LogP contribution in [0.1, 0.15) is 48.8 Å². The van der Waals surface area contributed by atoms with Crippen LogP contribution in [-0.2, 0) is 16.0 Å². The van der Waals surface area contributed by atoms with Crippen molar-refractivity contribution in [2.75, 3.05) is 13.1 Å². The summed E-state index contributed by atoms with van der Waals surface area (Å²) in [5.41, 5.74) is -1.13. The van der Waals surface area contributed by atoms with Gasteiger partial charge in [-0.15, -0.1) is 0 Å². The van der Waals surface area contributed by atoms with Crippen LogP contribution < -0.4 is 0 Å². The molecule has 4 nitrogen and oxygen atoms in total. The van der Waals surface area contributed by atoms with Crippen LogP contribution in [0.25, 0.3) is 0 Å². The molecule has 0 bridgehead atoms. The molecule has 1 fully saturated rings. The van der Waals surface area contributed by atoms with Gasteiger partial charge in [-0.25, -0.2) is 4.79 Å². The molecule has 116 valence electrons. The molecule has 0 spiro atoms. The van der Waals surface area contributed by atoms with Crippen molar-refractivity contribution in [2.45, 2.75) is 51.9 Å². The van der Waals surface area contributed by atoms with E-state index in [0.29, 0.717) is 25.9 Å². The molecule has 1 aromatic carbocycles. The van der Waals surface area contributed by atoms with Gasteiger partial charge in [-0.3, -0.25) is 0 Å². The lowest BCUT2D eigenvalue weighted by Crippen LogP contribution is -2.43. The first-order chi connectivity index (χ1) is 12.7. The van der Waals surface area contributed by atoms with Gasteiger partial charge >= 0.3 is 6.09 Å². The van der Waals surface area contributed by atoms with Crippen LogP contribution >= 0.6 is 0 Å². The Balaban J connectivity index is 2.10. The van der Waals surface area contributed by atoms with Crippen LogP contribution in [0.5, 0.6) is 0 Å². The van der Waals surface area contributed by atoms with Gasteiger partial charge in [-0.2, -0.15) is 0 Å². The Morgan fingerprint density at radius 3 is 2.52 bits per heavy atom. The second-order valence-electron chi connectivity index (χ2n) is 5.89. The van der Waals surface area contributed by atoms with Crippen LogP contribution in [0.4, 0.5) is 4.79 Å². The Morgan fingerprint density at radius 1 is 1.33 bits per heavy atom. The smallest absolute Gasteiger partial charge is 0.410 e. The molecule has 1 amide bonds. The molecule has 0 atom stereocenters. The summed E-state index contributed by atoms with van der Waals surface area (Å²) in [4.78, 5) is 13.6. The van der Waals surface area contributed by atoms with Crippen molar-refractivity contribution < 1.29 is 23.9 Å². The minimum absolute atomic E-state index is 0.316. The summed E-state index contributed by atoms with van der Waals surface area (Å²) in [5.74, 6) is 0. The van der Waals surface area contributed by atoms with E-state index in [2.05, 4.69) is 0 Å². The summed E-state index contributed by atoms with van der Waals surface area (Å²) in [7, 11) is 0. The fourth-order valence-electron chi connectivity index (χ4n) is 1.93. The van der Waals surface area contributed by atoms with Crippen molar-refractivity contribution in [1.29, 1.82) is 0 Å². The van der Waals surface area contributed by atoms with Crippen LogP contribution in [0.2, 0.25) is 0 Å².